The van der Waals surface area contributed by atoms with Gasteiger partial charge in [-0.15, -0.1) is 0 Å². The van der Waals surface area contributed by atoms with Crippen molar-refractivity contribution in [3.63, 3.8) is 0 Å². The fraction of sp³-hybridized carbons (Fsp3) is 0.400. The number of H-pyrrole nitrogens is 2. The predicted molar refractivity (Wildman–Crippen MR) is 86.6 cm³/mol. The molecule has 0 spiro atoms. The highest BCUT2D eigenvalue weighted by Crippen LogP contribution is 2.27. The smallest absolute Gasteiger partial charge is 0.256 e. The topological polar surface area (TPSA) is 105 Å². The molecule has 0 atom stereocenters. The number of aliphatic hydroxyl groups is 1. The van der Waals surface area contributed by atoms with E-state index >= 15 is 0 Å². The van der Waals surface area contributed by atoms with E-state index < -0.39 is 0 Å². The van der Waals surface area contributed by atoms with E-state index in [0.717, 1.165) is 12.2 Å². The Hall–Kier alpha value is -2.03. The summed E-state index contributed by atoms with van der Waals surface area (Å²) in [5, 5.41) is 19.7. The maximum Gasteiger partial charge on any atom is 0.256 e. The van der Waals surface area contributed by atoms with Gasteiger partial charge in [-0.1, -0.05) is 0 Å². The number of nitrogens with zero attached hydrogens (tertiary/aromatic N) is 2. The zero-order valence-corrected chi connectivity index (χ0v) is 13.5. The first-order valence-electron chi connectivity index (χ1n) is 7.33. The molecule has 3 rings (SSSR count). The van der Waals surface area contributed by atoms with Gasteiger partial charge in [0.05, 0.1) is 17.9 Å². The monoisotopic (exact) mass is 334 g/mol. The quantitative estimate of drug-likeness (QED) is 0.622. The van der Waals surface area contributed by atoms with Gasteiger partial charge in [0.25, 0.3) is 5.56 Å². The Morgan fingerprint density at radius 2 is 2.22 bits per heavy atom. The summed E-state index contributed by atoms with van der Waals surface area (Å²) in [4.78, 5) is 23.8. The van der Waals surface area contributed by atoms with Crippen LogP contribution in [-0.4, -0.2) is 36.6 Å². The van der Waals surface area contributed by atoms with Crippen LogP contribution in [0.1, 0.15) is 28.1 Å². The molecule has 0 aliphatic carbocycles. The van der Waals surface area contributed by atoms with Crippen molar-refractivity contribution in [2.24, 2.45) is 0 Å². The minimum absolute atomic E-state index is 0.101. The number of aromatic hydroxyl groups is 1. The molecule has 2 aromatic rings. The summed E-state index contributed by atoms with van der Waals surface area (Å²) in [6, 6.07) is 0. The van der Waals surface area contributed by atoms with Crippen LogP contribution in [0, 0.1) is 11.7 Å². The average Bonchev–Trinajstić information content (AvgIpc) is 2.52. The Labute approximate surface area is 137 Å². The molecule has 1 aliphatic rings. The summed E-state index contributed by atoms with van der Waals surface area (Å²) in [6.45, 7) is 3.17. The van der Waals surface area contributed by atoms with Gasteiger partial charge in [-0.2, -0.15) is 0 Å². The normalized spacial score (nSPS) is 14.7. The van der Waals surface area contributed by atoms with E-state index in [4.69, 9.17) is 12.2 Å². The molecule has 0 unspecified atom stereocenters. The lowest BCUT2D eigenvalue weighted by molar-refractivity contribution is 0.231. The van der Waals surface area contributed by atoms with Crippen molar-refractivity contribution in [1.29, 1.82) is 0 Å². The van der Waals surface area contributed by atoms with Crippen LogP contribution >= 0.6 is 12.2 Å². The summed E-state index contributed by atoms with van der Waals surface area (Å²) >= 11 is 4.99. The third-order valence-corrected chi connectivity index (χ3v) is 4.38. The average molecular weight is 334 g/mol. The lowest BCUT2D eigenvalue weighted by Gasteiger charge is -2.28. The molecular formula is C15H18N4O3S. The van der Waals surface area contributed by atoms with Gasteiger partial charge in [0, 0.05) is 49.1 Å². The third kappa shape index (κ3) is 3.05. The molecule has 23 heavy (non-hydrogen) atoms. The predicted octanol–water partition coefficient (Wildman–Crippen LogP) is 0.892. The van der Waals surface area contributed by atoms with Crippen molar-refractivity contribution >= 4 is 12.2 Å². The SMILES string of the molecule is Cc1ncc(CO)c(CN2CCc3[nH]c(=S)[nH]c(=O)c3C2)c1O. The van der Waals surface area contributed by atoms with Crippen LogP contribution in [0.3, 0.4) is 0 Å². The van der Waals surface area contributed by atoms with Gasteiger partial charge in [-0.3, -0.25) is 19.7 Å². The molecule has 0 fully saturated rings. The van der Waals surface area contributed by atoms with Crippen LogP contribution in [0.25, 0.3) is 0 Å². The minimum Gasteiger partial charge on any atom is -0.506 e. The van der Waals surface area contributed by atoms with Gasteiger partial charge in [0.1, 0.15) is 5.75 Å². The maximum absolute atomic E-state index is 12.1. The van der Waals surface area contributed by atoms with E-state index in [1.54, 1.807) is 13.1 Å². The lowest BCUT2D eigenvalue weighted by Crippen LogP contribution is -2.35. The Kier molecular flexibility index (Phi) is 4.29. The van der Waals surface area contributed by atoms with Crippen LogP contribution in [0.4, 0.5) is 0 Å². The van der Waals surface area contributed by atoms with Crippen molar-refractivity contribution in [2.45, 2.75) is 33.0 Å². The first-order chi connectivity index (χ1) is 11.0. The zero-order chi connectivity index (χ0) is 16.6. The lowest BCUT2D eigenvalue weighted by atomic mass is 10.0. The molecule has 0 bridgehead atoms. The van der Waals surface area contributed by atoms with Crippen molar-refractivity contribution in [3.05, 3.63) is 49.4 Å². The standard InChI is InChI=1S/C15H18N4O3S/c1-8-13(21)10(9(7-20)4-16-8)5-19-3-2-12-11(6-19)14(22)18-15(23)17-12/h4,20-21H,2-3,5-7H2,1H3,(H2,17,18,22,23). The molecular weight excluding hydrogens is 316 g/mol. The van der Waals surface area contributed by atoms with Gasteiger partial charge in [-0.05, 0) is 19.1 Å². The molecule has 8 heteroatoms. The Morgan fingerprint density at radius 3 is 2.96 bits per heavy atom. The number of nitrogens with one attached hydrogen (secondary N) is 2. The maximum atomic E-state index is 12.1. The zero-order valence-electron chi connectivity index (χ0n) is 12.7. The number of rotatable bonds is 3. The summed E-state index contributed by atoms with van der Waals surface area (Å²) in [5.41, 5.74) is 3.14. The van der Waals surface area contributed by atoms with E-state index in [-0.39, 0.29) is 17.9 Å². The number of hydrogen-bond acceptors (Lipinski definition) is 6. The Balaban J connectivity index is 1.90. The summed E-state index contributed by atoms with van der Waals surface area (Å²) in [7, 11) is 0. The van der Waals surface area contributed by atoms with Crippen LogP contribution in [0.15, 0.2) is 11.0 Å². The molecule has 0 radical (unpaired) electrons. The van der Waals surface area contributed by atoms with Gasteiger partial charge in [0.2, 0.25) is 0 Å². The van der Waals surface area contributed by atoms with Gasteiger partial charge in [0.15, 0.2) is 4.77 Å². The highest BCUT2D eigenvalue weighted by Gasteiger charge is 2.22. The third-order valence-electron chi connectivity index (χ3n) is 4.17. The Morgan fingerprint density at radius 1 is 1.43 bits per heavy atom. The Bertz CT molecular complexity index is 859. The van der Waals surface area contributed by atoms with Gasteiger partial charge >= 0.3 is 0 Å². The van der Waals surface area contributed by atoms with E-state index in [1.807, 2.05) is 0 Å². The van der Waals surface area contributed by atoms with Crippen LogP contribution in [-0.2, 0) is 26.1 Å². The largest absolute Gasteiger partial charge is 0.506 e. The summed E-state index contributed by atoms with van der Waals surface area (Å²) < 4.78 is 0.340. The van der Waals surface area contributed by atoms with Crippen LogP contribution in [0.2, 0.25) is 0 Å². The van der Waals surface area contributed by atoms with Gasteiger partial charge in [-0.25, -0.2) is 0 Å². The molecule has 0 aromatic carbocycles. The van der Waals surface area contributed by atoms with E-state index in [0.29, 0.717) is 46.7 Å². The minimum atomic E-state index is -0.186. The first kappa shape index (κ1) is 15.9. The van der Waals surface area contributed by atoms with Crippen molar-refractivity contribution < 1.29 is 10.2 Å². The summed E-state index contributed by atoms with van der Waals surface area (Å²) in [5.74, 6) is 0.101. The molecule has 0 saturated heterocycles. The van der Waals surface area contributed by atoms with Gasteiger partial charge < -0.3 is 15.2 Å². The highest BCUT2D eigenvalue weighted by molar-refractivity contribution is 7.71. The van der Waals surface area contributed by atoms with Crippen molar-refractivity contribution in [3.8, 4) is 5.75 Å². The molecule has 2 aromatic heterocycles. The van der Waals surface area contributed by atoms with E-state index in [1.165, 1.54) is 0 Å². The molecule has 4 N–H and O–H groups in total. The van der Waals surface area contributed by atoms with Crippen molar-refractivity contribution in [2.75, 3.05) is 6.54 Å². The molecule has 0 amide bonds. The number of aliphatic hydroxyl groups excluding tert-OH is 1. The first-order valence-corrected chi connectivity index (χ1v) is 7.74. The summed E-state index contributed by atoms with van der Waals surface area (Å²) in [6.07, 6.45) is 2.26. The second kappa shape index (κ2) is 6.23. The van der Waals surface area contributed by atoms with Crippen molar-refractivity contribution in [1.82, 2.24) is 19.9 Å². The van der Waals surface area contributed by atoms with Crippen LogP contribution < -0.4 is 5.56 Å². The highest BCUT2D eigenvalue weighted by atomic mass is 32.1. The second-order valence-corrected chi connectivity index (χ2v) is 6.09. The van der Waals surface area contributed by atoms with Crippen LogP contribution in [0.5, 0.6) is 5.75 Å². The fourth-order valence-electron chi connectivity index (χ4n) is 2.87. The molecule has 0 saturated carbocycles. The fourth-order valence-corrected chi connectivity index (χ4v) is 3.08. The number of aryl methyl sites for hydroxylation is 1. The molecule has 3 heterocycles. The molecule has 7 nitrogen and oxygen atoms in total. The molecule has 1 aliphatic heterocycles. The van der Waals surface area contributed by atoms with E-state index in [9.17, 15) is 15.0 Å². The number of aromatic nitrogens is 3. The van der Waals surface area contributed by atoms with E-state index in [2.05, 4.69) is 19.9 Å². The number of aromatic amines is 2. The number of hydrogen-bond donors (Lipinski definition) is 4. The second-order valence-electron chi connectivity index (χ2n) is 5.68. The number of pyridine rings is 1. The molecule has 122 valence electrons. The number of fused-ring (bicyclic) bond motifs is 1.